The summed E-state index contributed by atoms with van der Waals surface area (Å²) in [4.78, 5) is 13.0. The summed E-state index contributed by atoms with van der Waals surface area (Å²) < 4.78 is 5.31. The van der Waals surface area contributed by atoms with E-state index >= 15 is 0 Å². The molecule has 6 heteroatoms. The third-order valence-electron chi connectivity index (χ3n) is 2.23. The average Bonchev–Trinajstić information content (AvgIpc) is 2.69. The third kappa shape index (κ3) is 2.58. The first kappa shape index (κ1) is 11.9. The van der Waals surface area contributed by atoms with Gasteiger partial charge in [-0.3, -0.25) is 0 Å². The predicted molar refractivity (Wildman–Crippen MR) is 66.4 cm³/mol. The summed E-state index contributed by atoms with van der Waals surface area (Å²) in [6.07, 6.45) is 1.63. The zero-order chi connectivity index (χ0) is 12.4. The van der Waals surface area contributed by atoms with Gasteiger partial charge in [0.15, 0.2) is 0 Å². The lowest BCUT2D eigenvalue weighted by molar-refractivity contribution is 0.453. The Morgan fingerprint density at radius 2 is 1.94 bits per heavy atom. The number of hydrogen-bond acceptors (Lipinski definition) is 6. The van der Waals surface area contributed by atoms with Gasteiger partial charge in [0.1, 0.15) is 22.9 Å². The number of hydrogen-bond donors (Lipinski definition) is 1. The highest BCUT2D eigenvalue weighted by atomic mass is 32.2. The molecule has 0 aliphatic carbocycles. The fourth-order valence-corrected chi connectivity index (χ4v) is 2.29. The van der Waals surface area contributed by atoms with Crippen molar-refractivity contribution in [1.29, 1.82) is 0 Å². The summed E-state index contributed by atoms with van der Waals surface area (Å²) in [7, 11) is 1.85. The van der Waals surface area contributed by atoms with Gasteiger partial charge in [-0.15, -0.1) is 0 Å². The van der Waals surface area contributed by atoms with Crippen molar-refractivity contribution < 1.29 is 4.42 Å². The number of rotatable bonds is 3. The van der Waals surface area contributed by atoms with Gasteiger partial charge in [-0.1, -0.05) is 0 Å². The number of aromatic nitrogens is 3. The molecule has 5 nitrogen and oxygen atoms in total. The van der Waals surface area contributed by atoms with Crippen molar-refractivity contribution in [2.75, 3.05) is 12.4 Å². The quantitative estimate of drug-likeness (QED) is 0.845. The first-order chi connectivity index (χ1) is 8.10. The lowest BCUT2D eigenvalue weighted by atomic mass is 10.3. The molecule has 0 aromatic carbocycles. The van der Waals surface area contributed by atoms with Crippen LogP contribution in [0.5, 0.6) is 0 Å². The van der Waals surface area contributed by atoms with E-state index in [2.05, 4.69) is 20.3 Å². The predicted octanol–water partition coefficient (Wildman–Crippen LogP) is 2.58. The monoisotopic (exact) mass is 250 g/mol. The number of aryl methyl sites for hydroxylation is 2. The fourth-order valence-electron chi connectivity index (χ4n) is 1.41. The largest absolute Gasteiger partial charge is 0.439 e. The van der Waals surface area contributed by atoms with Gasteiger partial charge < -0.3 is 9.73 Å². The summed E-state index contributed by atoms with van der Waals surface area (Å²) in [6.45, 7) is 5.74. The van der Waals surface area contributed by atoms with E-state index < -0.39 is 0 Å². The molecule has 2 rings (SSSR count). The van der Waals surface area contributed by atoms with Crippen LogP contribution in [0.1, 0.15) is 17.1 Å². The van der Waals surface area contributed by atoms with E-state index in [4.69, 9.17) is 4.42 Å². The minimum absolute atomic E-state index is 0.603. The van der Waals surface area contributed by atoms with Crippen LogP contribution in [0.2, 0.25) is 0 Å². The molecule has 0 aliphatic heterocycles. The van der Waals surface area contributed by atoms with E-state index in [9.17, 15) is 0 Å². The highest BCUT2D eigenvalue weighted by molar-refractivity contribution is 7.99. The van der Waals surface area contributed by atoms with Gasteiger partial charge in [0.2, 0.25) is 0 Å². The minimum Gasteiger partial charge on any atom is -0.439 e. The minimum atomic E-state index is 0.603. The first-order valence-electron chi connectivity index (χ1n) is 5.23. The van der Waals surface area contributed by atoms with Crippen molar-refractivity contribution in [2.24, 2.45) is 0 Å². The molecule has 0 amide bonds. The summed E-state index contributed by atoms with van der Waals surface area (Å²) in [6, 6.07) is 0. The van der Waals surface area contributed by atoms with Crippen LogP contribution in [0, 0.1) is 20.8 Å². The van der Waals surface area contributed by atoms with Gasteiger partial charge in [0.25, 0.3) is 5.22 Å². The number of nitrogens with one attached hydrogen (secondary N) is 1. The molecule has 2 heterocycles. The maximum atomic E-state index is 5.31. The average molecular weight is 250 g/mol. The second kappa shape index (κ2) is 4.75. The molecular formula is C11H14N4OS. The molecule has 90 valence electrons. The van der Waals surface area contributed by atoms with E-state index in [1.807, 2.05) is 27.8 Å². The molecule has 0 bridgehead atoms. The van der Waals surface area contributed by atoms with Gasteiger partial charge in [0.05, 0.1) is 5.69 Å². The lowest BCUT2D eigenvalue weighted by Gasteiger charge is -2.08. The molecule has 0 saturated heterocycles. The molecule has 17 heavy (non-hydrogen) atoms. The van der Waals surface area contributed by atoms with E-state index in [-0.39, 0.29) is 0 Å². The Labute approximate surface area is 104 Å². The van der Waals surface area contributed by atoms with Crippen LogP contribution >= 0.6 is 11.8 Å². The lowest BCUT2D eigenvalue weighted by Crippen LogP contribution is -2.01. The van der Waals surface area contributed by atoms with Crippen molar-refractivity contribution in [1.82, 2.24) is 15.0 Å². The second-order valence-electron chi connectivity index (χ2n) is 3.66. The zero-order valence-corrected chi connectivity index (χ0v) is 11.1. The van der Waals surface area contributed by atoms with Crippen LogP contribution in [0.3, 0.4) is 0 Å². The topological polar surface area (TPSA) is 63.8 Å². The van der Waals surface area contributed by atoms with Crippen molar-refractivity contribution in [3.8, 4) is 0 Å². The highest BCUT2D eigenvalue weighted by Crippen LogP contribution is 2.30. The maximum Gasteiger partial charge on any atom is 0.262 e. The van der Waals surface area contributed by atoms with Crippen LogP contribution in [0.15, 0.2) is 20.9 Å². The molecule has 0 aliphatic rings. The number of oxazole rings is 1. The summed E-state index contributed by atoms with van der Waals surface area (Å²) in [5.41, 5.74) is 1.86. The van der Waals surface area contributed by atoms with E-state index in [0.717, 1.165) is 27.9 Å². The normalized spacial score (nSPS) is 10.6. The van der Waals surface area contributed by atoms with Gasteiger partial charge in [-0.05, 0) is 32.5 Å². The molecule has 0 atom stereocenters. The maximum absolute atomic E-state index is 5.31. The molecule has 2 aromatic heterocycles. The zero-order valence-electron chi connectivity index (χ0n) is 10.2. The van der Waals surface area contributed by atoms with E-state index in [1.54, 1.807) is 6.26 Å². The second-order valence-corrected chi connectivity index (χ2v) is 4.60. The molecule has 1 N–H and O–H groups in total. The molecule has 0 saturated carbocycles. The molecular weight excluding hydrogens is 236 g/mol. The van der Waals surface area contributed by atoms with Crippen LogP contribution < -0.4 is 5.32 Å². The molecule has 0 spiro atoms. The van der Waals surface area contributed by atoms with Crippen molar-refractivity contribution in [3.63, 3.8) is 0 Å². The fraction of sp³-hybridized carbons (Fsp3) is 0.364. The van der Waals surface area contributed by atoms with Gasteiger partial charge >= 0.3 is 0 Å². The van der Waals surface area contributed by atoms with Crippen LogP contribution in [-0.4, -0.2) is 22.0 Å². The standard InChI is InChI=1S/C11H14N4OS/c1-6-5-16-11(13-6)17-10-7(2)9(12-4)14-8(3)15-10/h5H,1-4H3,(H,12,14,15). The number of nitrogens with zero attached hydrogens (tertiary/aromatic N) is 3. The van der Waals surface area contributed by atoms with Crippen molar-refractivity contribution >= 4 is 17.6 Å². The molecule has 0 unspecified atom stereocenters. The Kier molecular flexibility index (Phi) is 3.33. The van der Waals surface area contributed by atoms with Gasteiger partial charge in [-0.25, -0.2) is 15.0 Å². The van der Waals surface area contributed by atoms with Gasteiger partial charge in [0, 0.05) is 12.6 Å². The number of anilines is 1. The highest BCUT2D eigenvalue weighted by Gasteiger charge is 2.12. The van der Waals surface area contributed by atoms with Crippen molar-refractivity contribution in [2.45, 2.75) is 31.0 Å². The first-order valence-corrected chi connectivity index (χ1v) is 6.04. The van der Waals surface area contributed by atoms with Crippen LogP contribution in [0.4, 0.5) is 5.82 Å². The Balaban J connectivity index is 2.35. The van der Waals surface area contributed by atoms with Gasteiger partial charge in [-0.2, -0.15) is 0 Å². The Morgan fingerprint density at radius 1 is 1.18 bits per heavy atom. The van der Waals surface area contributed by atoms with E-state index in [1.165, 1.54) is 11.8 Å². The van der Waals surface area contributed by atoms with Crippen molar-refractivity contribution in [3.05, 3.63) is 23.3 Å². The van der Waals surface area contributed by atoms with Crippen LogP contribution in [-0.2, 0) is 0 Å². The summed E-state index contributed by atoms with van der Waals surface area (Å²) in [5, 5.41) is 4.52. The van der Waals surface area contributed by atoms with Crippen LogP contribution in [0.25, 0.3) is 0 Å². The smallest absolute Gasteiger partial charge is 0.262 e. The summed E-state index contributed by atoms with van der Waals surface area (Å²) in [5.74, 6) is 1.56. The summed E-state index contributed by atoms with van der Waals surface area (Å²) >= 11 is 1.41. The Hall–Kier alpha value is -1.56. The van der Waals surface area contributed by atoms with E-state index in [0.29, 0.717) is 5.22 Å². The molecule has 0 fully saturated rings. The SMILES string of the molecule is CNc1nc(C)nc(Sc2nc(C)co2)c1C. The molecule has 2 aromatic rings. The third-order valence-corrected chi connectivity index (χ3v) is 3.18. The Bertz CT molecular complexity index is 538. The Morgan fingerprint density at radius 3 is 2.53 bits per heavy atom. The molecule has 0 radical (unpaired) electrons.